The van der Waals surface area contributed by atoms with Crippen molar-refractivity contribution in [3.05, 3.63) is 16.4 Å². The van der Waals surface area contributed by atoms with Crippen molar-refractivity contribution in [3.63, 3.8) is 0 Å². The highest BCUT2D eigenvalue weighted by Crippen LogP contribution is 2.24. The summed E-state index contributed by atoms with van der Waals surface area (Å²) in [6, 6.07) is 0. The lowest BCUT2D eigenvalue weighted by Crippen LogP contribution is -2.36. The average molecular weight is 314 g/mol. The summed E-state index contributed by atoms with van der Waals surface area (Å²) in [5.41, 5.74) is 1.24. The third-order valence-corrected chi connectivity index (χ3v) is 3.32. The van der Waals surface area contributed by atoms with Crippen LogP contribution in [0.15, 0.2) is 0 Å². The van der Waals surface area contributed by atoms with Crippen LogP contribution < -0.4 is 0 Å². The summed E-state index contributed by atoms with van der Waals surface area (Å²) in [6.45, 7) is 2.81. The van der Waals surface area contributed by atoms with Crippen molar-refractivity contribution in [3.8, 4) is 0 Å². The Morgan fingerprint density at radius 3 is 2.45 bits per heavy atom. The second-order valence-electron chi connectivity index (χ2n) is 4.43. The number of alkyl halides is 3. The average Bonchev–Trinajstić information content (AvgIpc) is 2.64. The Labute approximate surface area is 121 Å². The van der Waals surface area contributed by atoms with E-state index in [4.69, 9.17) is 16.7 Å². The van der Waals surface area contributed by atoms with E-state index in [1.807, 2.05) is 13.8 Å². The normalized spacial score (nSPS) is 12.4. The van der Waals surface area contributed by atoms with Crippen molar-refractivity contribution in [2.24, 2.45) is 0 Å². The van der Waals surface area contributed by atoms with Gasteiger partial charge in [-0.25, -0.2) is 0 Å². The Morgan fingerprint density at radius 1 is 1.35 bits per heavy atom. The van der Waals surface area contributed by atoms with E-state index < -0.39 is 12.7 Å². The highest BCUT2D eigenvalue weighted by atomic mass is 35.5. The summed E-state index contributed by atoms with van der Waals surface area (Å²) in [5, 5.41) is 13.6. The van der Waals surface area contributed by atoms with E-state index in [0.29, 0.717) is 29.4 Å². The lowest BCUT2D eigenvalue weighted by molar-refractivity contribution is -0.148. The number of aryl methyl sites for hydroxylation is 2. The zero-order valence-corrected chi connectivity index (χ0v) is 12.3. The lowest BCUT2D eigenvalue weighted by Gasteiger charge is -2.23. The van der Waals surface area contributed by atoms with Crippen molar-refractivity contribution in [2.75, 3.05) is 19.7 Å². The first-order valence-electron chi connectivity index (χ1n) is 6.46. The Kier molecular flexibility index (Phi) is 6.29. The van der Waals surface area contributed by atoms with Crippen molar-refractivity contribution in [2.45, 2.75) is 39.5 Å². The second kappa shape index (κ2) is 7.28. The third kappa shape index (κ3) is 4.64. The summed E-state index contributed by atoms with van der Waals surface area (Å²) in [7, 11) is 0. The molecule has 1 heterocycles. The quantitative estimate of drug-likeness (QED) is 0.841. The maximum atomic E-state index is 12.5. The highest BCUT2D eigenvalue weighted by Gasteiger charge is 2.31. The molecule has 1 aromatic heterocycles. The van der Waals surface area contributed by atoms with E-state index in [-0.39, 0.29) is 19.7 Å². The van der Waals surface area contributed by atoms with Gasteiger partial charge in [-0.15, -0.1) is 0 Å². The Balaban J connectivity index is 2.95. The first-order chi connectivity index (χ1) is 9.32. The van der Waals surface area contributed by atoms with Gasteiger partial charge in [0.05, 0.1) is 29.6 Å². The maximum Gasteiger partial charge on any atom is 0.401 e. The fraction of sp³-hybridized carbons (Fsp3) is 0.750. The van der Waals surface area contributed by atoms with E-state index in [2.05, 4.69) is 5.10 Å². The van der Waals surface area contributed by atoms with Gasteiger partial charge in [-0.3, -0.25) is 9.58 Å². The number of hydrogen-bond acceptors (Lipinski definition) is 3. The molecule has 0 aliphatic rings. The van der Waals surface area contributed by atoms with Crippen LogP contribution in [0.5, 0.6) is 0 Å². The van der Waals surface area contributed by atoms with Gasteiger partial charge in [-0.2, -0.15) is 18.3 Å². The van der Waals surface area contributed by atoms with Gasteiger partial charge in [0.25, 0.3) is 0 Å². The molecule has 0 aliphatic carbocycles. The largest absolute Gasteiger partial charge is 0.401 e. The minimum atomic E-state index is -4.31. The molecule has 0 amide bonds. The fourth-order valence-electron chi connectivity index (χ4n) is 1.99. The van der Waals surface area contributed by atoms with Gasteiger partial charge in [0.15, 0.2) is 0 Å². The van der Waals surface area contributed by atoms with Crippen LogP contribution in [-0.4, -0.2) is 45.7 Å². The number of aliphatic hydroxyl groups excluding tert-OH is 1. The summed E-state index contributed by atoms with van der Waals surface area (Å²) in [5.74, 6) is 0. The maximum absolute atomic E-state index is 12.5. The minimum Gasteiger partial charge on any atom is -0.395 e. The van der Waals surface area contributed by atoms with E-state index in [1.165, 1.54) is 0 Å². The van der Waals surface area contributed by atoms with Gasteiger partial charge in [0, 0.05) is 19.6 Å². The smallest absolute Gasteiger partial charge is 0.395 e. The number of nitrogens with zero attached hydrogens (tertiary/aromatic N) is 3. The molecular weight excluding hydrogens is 295 g/mol. The molecule has 0 radical (unpaired) electrons. The molecular formula is C12H19ClF3N3O. The highest BCUT2D eigenvalue weighted by molar-refractivity contribution is 6.31. The SMILES string of the molecule is CCc1nn(CC)c(CN(CCO)CC(F)(F)F)c1Cl. The van der Waals surface area contributed by atoms with Crippen LogP contribution in [0.3, 0.4) is 0 Å². The molecule has 0 bridgehead atoms. The van der Waals surface area contributed by atoms with Crippen LogP contribution >= 0.6 is 11.6 Å². The Morgan fingerprint density at radius 2 is 2.00 bits per heavy atom. The van der Waals surface area contributed by atoms with Crippen molar-refractivity contribution in [1.82, 2.24) is 14.7 Å². The molecule has 1 N–H and O–H groups in total. The van der Waals surface area contributed by atoms with Gasteiger partial charge >= 0.3 is 6.18 Å². The zero-order chi connectivity index (χ0) is 15.3. The number of aliphatic hydroxyl groups is 1. The van der Waals surface area contributed by atoms with E-state index in [0.717, 1.165) is 4.90 Å². The van der Waals surface area contributed by atoms with E-state index in [9.17, 15) is 13.2 Å². The summed E-state index contributed by atoms with van der Waals surface area (Å²) < 4.78 is 39.1. The Bertz CT molecular complexity index is 434. The predicted octanol–water partition coefficient (Wildman–Crippen LogP) is 2.48. The molecule has 0 saturated heterocycles. The van der Waals surface area contributed by atoms with Crippen LogP contribution in [0.2, 0.25) is 5.02 Å². The molecule has 8 heteroatoms. The Hall–Kier alpha value is -0.790. The molecule has 116 valence electrons. The number of rotatable bonds is 7. The number of hydrogen-bond donors (Lipinski definition) is 1. The molecule has 0 atom stereocenters. The molecule has 0 unspecified atom stereocenters. The van der Waals surface area contributed by atoms with Gasteiger partial charge in [0.2, 0.25) is 0 Å². The molecule has 0 aromatic carbocycles. The van der Waals surface area contributed by atoms with E-state index in [1.54, 1.807) is 4.68 Å². The molecule has 0 saturated carbocycles. The van der Waals surface area contributed by atoms with Crippen LogP contribution in [0.4, 0.5) is 13.2 Å². The summed E-state index contributed by atoms with van der Waals surface area (Å²) in [6.07, 6.45) is -3.69. The van der Waals surface area contributed by atoms with Crippen LogP contribution in [-0.2, 0) is 19.5 Å². The first kappa shape index (κ1) is 17.3. The summed E-state index contributed by atoms with van der Waals surface area (Å²) in [4.78, 5) is 1.12. The standard InChI is InChI=1S/C12H19ClF3N3O/c1-3-9-11(13)10(19(4-2)17-9)7-18(5-6-20)8-12(14,15)16/h20H,3-8H2,1-2H3. The van der Waals surface area contributed by atoms with Crippen LogP contribution in [0, 0.1) is 0 Å². The molecule has 1 aromatic rings. The van der Waals surface area contributed by atoms with Gasteiger partial charge in [0.1, 0.15) is 0 Å². The zero-order valence-electron chi connectivity index (χ0n) is 11.5. The molecule has 4 nitrogen and oxygen atoms in total. The molecule has 20 heavy (non-hydrogen) atoms. The van der Waals surface area contributed by atoms with Crippen LogP contribution in [0.25, 0.3) is 0 Å². The first-order valence-corrected chi connectivity index (χ1v) is 6.84. The number of aromatic nitrogens is 2. The minimum absolute atomic E-state index is 0.0136. The van der Waals surface area contributed by atoms with Crippen molar-refractivity contribution < 1.29 is 18.3 Å². The van der Waals surface area contributed by atoms with Gasteiger partial charge in [-0.05, 0) is 13.3 Å². The second-order valence-corrected chi connectivity index (χ2v) is 4.80. The topological polar surface area (TPSA) is 41.3 Å². The van der Waals surface area contributed by atoms with Gasteiger partial charge < -0.3 is 5.11 Å². The predicted molar refractivity (Wildman–Crippen MR) is 70.7 cm³/mol. The van der Waals surface area contributed by atoms with E-state index >= 15 is 0 Å². The fourth-order valence-corrected chi connectivity index (χ4v) is 2.32. The van der Waals surface area contributed by atoms with Gasteiger partial charge in [-0.1, -0.05) is 18.5 Å². The summed E-state index contributed by atoms with van der Waals surface area (Å²) >= 11 is 6.17. The molecule has 0 spiro atoms. The molecule has 0 fully saturated rings. The number of halogens is 4. The lowest BCUT2D eigenvalue weighted by atomic mass is 10.3. The molecule has 1 rings (SSSR count). The van der Waals surface area contributed by atoms with Crippen molar-refractivity contribution >= 4 is 11.6 Å². The molecule has 0 aliphatic heterocycles. The van der Waals surface area contributed by atoms with Crippen LogP contribution in [0.1, 0.15) is 25.2 Å². The van der Waals surface area contributed by atoms with Crippen molar-refractivity contribution in [1.29, 1.82) is 0 Å². The third-order valence-electron chi connectivity index (χ3n) is 2.89. The monoisotopic (exact) mass is 313 g/mol.